The monoisotopic (exact) mass is 239 g/mol. The Kier molecular flexibility index (Phi) is 3.44. The molecule has 0 aliphatic carbocycles. The van der Waals surface area contributed by atoms with Crippen molar-refractivity contribution in [3.8, 4) is 11.8 Å². The standard InChI is InChI=1S/C14H13N3O/c1-17(12-5-3-4-6-14(12)18-2)13-10-16-8-7-11(13)9-15/h3-8,10H,1-2H3. The zero-order valence-electron chi connectivity index (χ0n) is 10.3. The summed E-state index contributed by atoms with van der Waals surface area (Å²) >= 11 is 0. The molecule has 1 aromatic heterocycles. The van der Waals surface area contributed by atoms with Gasteiger partial charge in [0.2, 0.25) is 0 Å². The van der Waals surface area contributed by atoms with E-state index in [0.717, 1.165) is 17.1 Å². The molecule has 4 nitrogen and oxygen atoms in total. The minimum Gasteiger partial charge on any atom is -0.495 e. The van der Waals surface area contributed by atoms with Crippen LogP contribution in [-0.2, 0) is 0 Å². The third-order valence-corrected chi connectivity index (χ3v) is 2.73. The quantitative estimate of drug-likeness (QED) is 0.826. The summed E-state index contributed by atoms with van der Waals surface area (Å²) in [6, 6.07) is 11.5. The van der Waals surface area contributed by atoms with Crippen molar-refractivity contribution in [1.82, 2.24) is 4.98 Å². The van der Waals surface area contributed by atoms with Crippen LogP contribution in [0.5, 0.6) is 5.75 Å². The Morgan fingerprint density at radius 3 is 2.72 bits per heavy atom. The average molecular weight is 239 g/mol. The van der Waals surface area contributed by atoms with Crippen molar-refractivity contribution in [3.63, 3.8) is 0 Å². The number of rotatable bonds is 3. The van der Waals surface area contributed by atoms with Gasteiger partial charge in [0.15, 0.2) is 0 Å². The Morgan fingerprint density at radius 1 is 1.22 bits per heavy atom. The number of pyridine rings is 1. The van der Waals surface area contributed by atoms with Crippen LogP contribution in [0.1, 0.15) is 5.56 Å². The van der Waals surface area contributed by atoms with Crippen molar-refractivity contribution in [2.24, 2.45) is 0 Å². The molecule has 0 unspecified atom stereocenters. The second-order valence-electron chi connectivity index (χ2n) is 3.74. The van der Waals surface area contributed by atoms with Crippen LogP contribution in [0.15, 0.2) is 42.7 Å². The van der Waals surface area contributed by atoms with Gasteiger partial charge in [0.1, 0.15) is 11.8 Å². The van der Waals surface area contributed by atoms with Crippen LogP contribution < -0.4 is 9.64 Å². The number of ether oxygens (including phenoxy) is 1. The summed E-state index contributed by atoms with van der Waals surface area (Å²) in [7, 11) is 3.51. The third-order valence-electron chi connectivity index (χ3n) is 2.73. The molecular weight excluding hydrogens is 226 g/mol. The lowest BCUT2D eigenvalue weighted by Gasteiger charge is -2.22. The number of nitrogens with zero attached hydrogens (tertiary/aromatic N) is 3. The van der Waals surface area contributed by atoms with E-state index in [-0.39, 0.29) is 0 Å². The molecule has 0 bridgehead atoms. The van der Waals surface area contributed by atoms with E-state index in [4.69, 9.17) is 10.00 Å². The molecular formula is C14H13N3O. The van der Waals surface area contributed by atoms with Gasteiger partial charge in [-0.05, 0) is 18.2 Å². The minimum atomic E-state index is 0.582. The Labute approximate surface area is 106 Å². The fraction of sp³-hybridized carbons (Fsp3) is 0.143. The second kappa shape index (κ2) is 5.19. The normalized spacial score (nSPS) is 9.61. The SMILES string of the molecule is COc1ccccc1N(C)c1cnccc1C#N. The summed E-state index contributed by atoms with van der Waals surface area (Å²) in [5.41, 5.74) is 2.23. The van der Waals surface area contributed by atoms with Gasteiger partial charge < -0.3 is 9.64 Å². The maximum absolute atomic E-state index is 9.11. The van der Waals surface area contributed by atoms with Gasteiger partial charge in [0.05, 0.1) is 30.2 Å². The first kappa shape index (κ1) is 11.9. The topological polar surface area (TPSA) is 49.1 Å². The van der Waals surface area contributed by atoms with Crippen LogP contribution >= 0.6 is 0 Å². The Balaban J connectivity index is 2.48. The molecule has 0 aliphatic heterocycles. The largest absolute Gasteiger partial charge is 0.495 e. The van der Waals surface area contributed by atoms with E-state index in [1.165, 1.54) is 0 Å². The molecule has 0 atom stereocenters. The first-order chi connectivity index (χ1) is 8.77. The molecule has 0 fully saturated rings. The summed E-state index contributed by atoms with van der Waals surface area (Å²) in [4.78, 5) is 5.96. The lowest BCUT2D eigenvalue weighted by atomic mass is 10.2. The summed E-state index contributed by atoms with van der Waals surface area (Å²) in [6.45, 7) is 0. The molecule has 90 valence electrons. The highest BCUT2D eigenvalue weighted by Crippen LogP contribution is 2.33. The predicted molar refractivity (Wildman–Crippen MR) is 70.0 cm³/mol. The van der Waals surface area contributed by atoms with Gasteiger partial charge in [-0.3, -0.25) is 4.98 Å². The molecule has 4 heteroatoms. The number of methoxy groups -OCH3 is 1. The number of hydrogen-bond donors (Lipinski definition) is 0. The number of nitriles is 1. The molecule has 2 aromatic rings. The number of hydrogen-bond acceptors (Lipinski definition) is 4. The number of anilines is 2. The highest BCUT2D eigenvalue weighted by Gasteiger charge is 2.12. The summed E-state index contributed by atoms with van der Waals surface area (Å²) < 4.78 is 5.32. The highest BCUT2D eigenvalue weighted by molar-refractivity contribution is 5.71. The fourth-order valence-electron chi connectivity index (χ4n) is 1.78. The van der Waals surface area contributed by atoms with Crippen LogP contribution in [0.2, 0.25) is 0 Å². The Hall–Kier alpha value is -2.54. The van der Waals surface area contributed by atoms with Crippen LogP contribution in [0.3, 0.4) is 0 Å². The molecule has 1 heterocycles. The van der Waals surface area contributed by atoms with Gasteiger partial charge in [-0.15, -0.1) is 0 Å². The van der Waals surface area contributed by atoms with Crippen LogP contribution in [0, 0.1) is 11.3 Å². The van der Waals surface area contributed by atoms with Crippen molar-refractivity contribution in [3.05, 3.63) is 48.3 Å². The lowest BCUT2D eigenvalue weighted by Crippen LogP contribution is -2.12. The molecule has 1 aromatic carbocycles. The molecule has 0 saturated carbocycles. The summed E-state index contributed by atoms with van der Waals surface area (Å²) in [6.07, 6.45) is 3.28. The lowest BCUT2D eigenvalue weighted by molar-refractivity contribution is 0.415. The first-order valence-corrected chi connectivity index (χ1v) is 5.48. The number of para-hydroxylation sites is 2. The van der Waals surface area contributed by atoms with Gasteiger partial charge in [0.25, 0.3) is 0 Å². The fourth-order valence-corrected chi connectivity index (χ4v) is 1.78. The summed E-state index contributed by atoms with van der Waals surface area (Å²) in [5, 5.41) is 9.11. The molecule has 0 spiro atoms. The van der Waals surface area contributed by atoms with Gasteiger partial charge in [-0.1, -0.05) is 12.1 Å². The predicted octanol–water partition coefficient (Wildman–Crippen LogP) is 2.73. The average Bonchev–Trinajstić information content (AvgIpc) is 2.46. The maximum Gasteiger partial charge on any atom is 0.142 e. The van der Waals surface area contributed by atoms with Crippen LogP contribution in [0.4, 0.5) is 11.4 Å². The van der Waals surface area contributed by atoms with E-state index < -0.39 is 0 Å². The van der Waals surface area contributed by atoms with E-state index in [9.17, 15) is 0 Å². The highest BCUT2D eigenvalue weighted by atomic mass is 16.5. The van der Waals surface area contributed by atoms with Crippen molar-refractivity contribution in [2.75, 3.05) is 19.1 Å². The molecule has 18 heavy (non-hydrogen) atoms. The number of aromatic nitrogens is 1. The molecule has 0 N–H and O–H groups in total. The Bertz CT molecular complexity index is 590. The molecule has 0 radical (unpaired) electrons. The van der Waals surface area contributed by atoms with Gasteiger partial charge in [-0.2, -0.15) is 5.26 Å². The van der Waals surface area contributed by atoms with Crippen molar-refractivity contribution >= 4 is 11.4 Å². The van der Waals surface area contributed by atoms with E-state index in [1.807, 2.05) is 36.2 Å². The number of benzene rings is 1. The second-order valence-corrected chi connectivity index (χ2v) is 3.74. The van der Waals surface area contributed by atoms with E-state index in [0.29, 0.717) is 5.56 Å². The molecule has 0 aliphatic rings. The zero-order valence-corrected chi connectivity index (χ0v) is 10.3. The van der Waals surface area contributed by atoms with E-state index >= 15 is 0 Å². The smallest absolute Gasteiger partial charge is 0.142 e. The van der Waals surface area contributed by atoms with Gasteiger partial charge in [-0.25, -0.2) is 0 Å². The minimum absolute atomic E-state index is 0.582. The zero-order chi connectivity index (χ0) is 13.0. The van der Waals surface area contributed by atoms with Crippen LogP contribution in [0.25, 0.3) is 0 Å². The van der Waals surface area contributed by atoms with Gasteiger partial charge in [0, 0.05) is 13.2 Å². The van der Waals surface area contributed by atoms with Crippen molar-refractivity contribution in [1.29, 1.82) is 5.26 Å². The van der Waals surface area contributed by atoms with Gasteiger partial charge >= 0.3 is 0 Å². The summed E-state index contributed by atoms with van der Waals surface area (Å²) in [5.74, 6) is 0.757. The van der Waals surface area contributed by atoms with E-state index in [2.05, 4.69) is 11.1 Å². The molecule has 2 rings (SSSR count). The van der Waals surface area contributed by atoms with E-state index in [1.54, 1.807) is 25.6 Å². The third kappa shape index (κ3) is 2.11. The van der Waals surface area contributed by atoms with Crippen molar-refractivity contribution < 1.29 is 4.74 Å². The molecule has 0 saturated heterocycles. The molecule has 0 amide bonds. The Morgan fingerprint density at radius 2 is 2.00 bits per heavy atom. The van der Waals surface area contributed by atoms with Crippen molar-refractivity contribution in [2.45, 2.75) is 0 Å². The first-order valence-electron chi connectivity index (χ1n) is 5.48. The van der Waals surface area contributed by atoms with Crippen LogP contribution in [-0.4, -0.2) is 19.1 Å². The maximum atomic E-state index is 9.11.